The van der Waals surface area contributed by atoms with Crippen LogP contribution in [-0.4, -0.2) is 87.7 Å². The van der Waals surface area contributed by atoms with E-state index in [1.807, 2.05) is 58.1 Å². The van der Waals surface area contributed by atoms with Gasteiger partial charge in [0.2, 0.25) is 25.9 Å². The second kappa shape index (κ2) is 19.9. The molecule has 15 nitrogen and oxygen atoms in total. The number of carbonyl (C=O) groups is 1. The average Bonchev–Trinajstić information content (AvgIpc) is 3.66. The summed E-state index contributed by atoms with van der Waals surface area (Å²) in [6.45, 7) is 14.9. The lowest BCUT2D eigenvalue weighted by Crippen LogP contribution is -2.51. The van der Waals surface area contributed by atoms with Gasteiger partial charge in [-0.15, -0.1) is 10.2 Å². The van der Waals surface area contributed by atoms with Crippen molar-refractivity contribution in [1.82, 2.24) is 34.6 Å². The summed E-state index contributed by atoms with van der Waals surface area (Å²) in [4.78, 5) is 13.0. The predicted octanol–water partition coefficient (Wildman–Crippen LogP) is 7.74. The van der Waals surface area contributed by atoms with E-state index < -0.39 is 56.0 Å². The zero-order valence-electron chi connectivity index (χ0n) is 36.5. The van der Waals surface area contributed by atoms with Crippen LogP contribution in [0.1, 0.15) is 58.2 Å². The van der Waals surface area contributed by atoms with Crippen LogP contribution in [0.2, 0.25) is 18.1 Å². The van der Waals surface area contributed by atoms with Gasteiger partial charge >= 0.3 is 6.09 Å². The Morgan fingerprint density at radius 3 is 1.94 bits per heavy atom. The monoisotopic (exact) mass is 969 g/mol. The van der Waals surface area contributed by atoms with Crippen LogP contribution in [0.25, 0.3) is 11.4 Å². The van der Waals surface area contributed by atoms with Crippen molar-refractivity contribution in [3.63, 3.8) is 0 Å². The fourth-order valence-corrected chi connectivity index (χ4v) is 11.5. The average molecular weight is 971 g/mol. The highest BCUT2D eigenvalue weighted by Gasteiger charge is 2.41. The van der Waals surface area contributed by atoms with Gasteiger partial charge in [-0.3, -0.25) is 0 Å². The van der Waals surface area contributed by atoms with Gasteiger partial charge < -0.3 is 19.2 Å². The van der Waals surface area contributed by atoms with Gasteiger partial charge in [-0.2, -0.15) is 9.10 Å². The summed E-state index contributed by atoms with van der Waals surface area (Å²) in [5.74, 6) is 0.542. The van der Waals surface area contributed by atoms with Gasteiger partial charge in [-0.1, -0.05) is 93.6 Å². The lowest BCUT2D eigenvalue weighted by atomic mass is 10.2. The first-order valence-electron chi connectivity index (χ1n) is 19.9. The van der Waals surface area contributed by atoms with E-state index in [0.717, 1.165) is 5.56 Å². The topological polar surface area (TPSA) is 184 Å². The summed E-state index contributed by atoms with van der Waals surface area (Å²) in [5, 5.41) is 15.5. The number of nitrogens with zero attached hydrogens (tertiary/aromatic N) is 5. The molecule has 0 aliphatic heterocycles. The number of tetrazole rings is 1. The minimum Gasteiger partial charge on any atom is -0.497 e. The van der Waals surface area contributed by atoms with Crippen molar-refractivity contribution in [2.24, 2.45) is 0 Å². The standard InChI is InChI=1S/C43H56BrN7O8S2Si/c1-42(2,3)58-41(52)45-26-35(59-62(8,9)43(4,5)6)27-46-60(53,54)37-25-24-36(44)38(40-47-49-51(48-40)30-33-20-22-34(57-7)23-21-33)39(37)61(55,56)50(28-31-16-12-10-13-17-31)29-32-18-14-11-15-19-32/h10-25,35,46H,26-30H2,1-9H3,(H,45,52). The van der Waals surface area contributed by atoms with Gasteiger partial charge in [0.25, 0.3) is 0 Å². The Hall–Kier alpha value is -4.50. The summed E-state index contributed by atoms with van der Waals surface area (Å²) in [6.07, 6.45) is -1.56. The Morgan fingerprint density at radius 2 is 1.40 bits per heavy atom. The zero-order valence-corrected chi connectivity index (χ0v) is 40.8. The van der Waals surface area contributed by atoms with Crippen molar-refractivity contribution >= 4 is 50.4 Å². The molecular formula is C43H56BrN7O8S2Si. The normalized spacial score (nSPS) is 13.2. The molecule has 1 aromatic heterocycles. The van der Waals surface area contributed by atoms with Crippen LogP contribution in [0.5, 0.6) is 5.75 Å². The third kappa shape index (κ3) is 12.8. The number of hydrogen-bond donors (Lipinski definition) is 2. The molecule has 334 valence electrons. The molecule has 0 saturated heterocycles. The minimum atomic E-state index is -4.74. The number of aromatic nitrogens is 4. The largest absolute Gasteiger partial charge is 0.497 e. The van der Waals surface area contributed by atoms with Crippen LogP contribution < -0.4 is 14.8 Å². The molecular weight excluding hydrogens is 915 g/mol. The third-order valence-electron chi connectivity index (χ3n) is 10.2. The number of sulfonamides is 2. The lowest BCUT2D eigenvalue weighted by molar-refractivity contribution is 0.0498. The van der Waals surface area contributed by atoms with E-state index in [1.54, 1.807) is 88.5 Å². The van der Waals surface area contributed by atoms with E-state index in [1.165, 1.54) is 21.2 Å². The first kappa shape index (κ1) is 48.5. The van der Waals surface area contributed by atoms with Crippen molar-refractivity contribution in [2.75, 3.05) is 20.2 Å². The third-order valence-corrected chi connectivity index (χ3v) is 18.8. The minimum absolute atomic E-state index is 0.0900. The summed E-state index contributed by atoms with van der Waals surface area (Å²) in [6, 6.07) is 28.0. The van der Waals surface area contributed by atoms with E-state index in [2.05, 4.69) is 41.4 Å². The van der Waals surface area contributed by atoms with Gasteiger partial charge in [0.15, 0.2) is 8.32 Å². The van der Waals surface area contributed by atoms with Crippen molar-refractivity contribution in [1.29, 1.82) is 0 Å². The van der Waals surface area contributed by atoms with Gasteiger partial charge in [-0.05, 0) is 101 Å². The maximum Gasteiger partial charge on any atom is 0.407 e. The van der Waals surface area contributed by atoms with E-state index in [9.17, 15) is 13.2 Å². The number of halogens is 1. The number of hydrogen-bond acceptors (Lipinski definition) is 11. The van der Waals surface area contributed by atoms with Crippen molar-refractivity contribution in [3.8, 4) is 17.1 Å². The van der Waals surface area contributed by atoms with Crippen LogP contribution in [-0.2, 0) is 48.8 Å². The van der Waals surface area contributed by atoms with Gasteiger partial charge in [-0.25, -0.2) is 26.4 Å². The molecule has 5 aromatic rings. The number of ether oxygens (including phenoxy) is 2. The smallest absolute Gasteiger partial charge is 0.407 e. The zero-order chi connectivity index (χ0) is 45.5. The molecule has 1 atom stereocenters. The summed E-state index contributed by atoms with van der Waals surface area (Å²) >= 11 is 3.52. The number of amides is 1. The van der Waals surface area contributed by atoms with E-state index in [-0.39, 0.29) is 53.6 Å². The Balaban J connectivity index is 1.63. The highest BCUT2D eigenvalue weighted by Crippen LogP contribution is 2.40. The molecule has 0 fully saturated rings. The quantitative estimate of drug-likeness (QED) is 0.0819. The first-order valence-corrected chi connectivity index (χ1v) is 26.6. The van der Waals surface area contributed by atoms with Crippen LogP contribution in [0, 0.1) is 0 Å². The van der Waals surface area contributed by atoms with Gasteiger partial charge in [0, 0.05) is 30.7 Å². The van der Waals surface area contributed by atoms with E-state index in [4.69, 9.17) is 13.9 Å². The second-order valence-corrected chi connectivity index (χ2v) is 26.4. The van der Waals surface area contributed by atoms with Crippen LogP contribution in [0.4, 0.5) is 4.79 Å². The Kier molecular flexibility index (Phi) is 15.6. The molecule has 1 unspecified atom stereocenters. The lowest BCUT2D eigenvalue weighted by Gasteiger charge is -2.39. The molecule has 4 aromatic carbocycles. The molecule has 0 saturated carbocycles. The number of alkyl carbamates (subject to hydrolysis) is 1. The molecule has 2 N–H and O–H groups in total. The molecule has 19 heteroatoms. The first-order chi connectivity index (χ1) is 29.0. The molecule has 1 amide bonds. The molecule has 1 heterocycles. The van der Waals surface area contributed by atoms with Crippen molar-refractivity contribution in [2.45, 2.75) is 101 Å². The fourth-order valence-electron chi connectivity index (χ4n) is 5.99. The Labute approximate surface area is 374 Å². The van der Waals surface area contributed by atoms with E-state index >= 15 is 8.42 Å². The van der Waals surface area contributed by atoms with Gasteiger partial charge in [0.05, 0.1) is 25.3 Å². The number of rotatable bonds is 18. The molecule has 0 aliphatic carbocycles. The summed E-state index contributed by atoms with van der Waals surface area (Å²) < 4.78 is 82.0. The predicted molar refractivity (Wildman–Crippen MR) is 244 cm³/mol. The van der Waals surface area contributed by atoms with Crippen LogP contribution >= 0.6 is 15.9 Å². The van der Waals surface area contributed by atoms with Crippen molar-refractivity contribution in [3.05, 3.63) is 118 Å². The SMILES string of the molecule is COc1ccc(Cn2nnc(-c3c(Br)ccc(S(=O)(=O)NCC(CNC(=O)OC(C)(C)C)O[Si](C)(C)C(C)(C)C)c3S(=O)(=O)N(Cc3ccccc3)Cc3ccccc3)n2)cc1. The Morgan fingerprint density at radius 1 is 0.823 bits per heavy atom. The molecule has 0 aliphatic rings. The number of benzene rings is 4. The highest BCUT2D eigenvalue weighted by atomic mass is 79.9. The van der Waals surface area contributed by atoms with Crippen LogP contribution in [0.15, 0.2) is 111 Å². The van der Waals surface area contributed by atoms with Crippen LogP contribution in [0.3, 0.4) is 0 Å². The number of nitrogens with one attached hydrogen (secondary N) is 2. The van der Waals surface area contributed by atoms with Gasteiger partial charge in [0.1, 0.15) is 21.1 Å². The molecule has 0 radical (unpaired) electrons. The summed E-state index contributed by atoms with van der Waals surface area (Å²) in [5.41, 5.74) is 1.30. The maximum atomic E-state index is 15.5. The van der Waals surface area contributed by atoms with E-state index in [0.29, 0.717) is 16.9 Å². The highest BCUT2D eigenvalue weighted by molar-refractivity contribution is 9.10. The molecule has 0 spiro atoms. The second-order valence-electron chi connectivity index (χ2n) is 17.2. The fraction of sp³-hybridized carbons (Fsp3) is 0.395. The molecule has 5 rings (SSSR count). The maximum absolute atomic E-state index is 15.5. The Bertz CT molecular complexity index is 2470. The molecule has 0 bridgehead atoms. The number of methoxy groups -OCH3 is 1. The summed E-state index contributed by atoms with van der Waals surface area (Å²) in [7, 11) is -10.4. The number of carbonyl (C=O) groups excluding carboxylic acids is 1. The van der Waals surface area contributed by atoms with Crippen molar-refractivity contribution < 1.29 is 35.5 Å². The molecule has 62 heavy (non-hydrogen) atoms.